The first-order valence-electron chi connectivity index (χ1n) is 8.35. The molecule has 134 valence electrons. The van der Waals surface area contributed by atoms with Gasteiger partial charge in [-0.3, -0.25) is 0 Å². The maximum Gasteiger partial charge on any atom is 0.407 e. The molecule has 1 aromatic carbocycles. The molecular formula is C18H27FN2O3. The molecule has 1 aliphatic carbocycles. The van der Waals surface area contributed by atoms with Crippen molar-refractivity contribution in [1.29, 1.82) is 0 Å². The largest absolute Gasteiger partial charge is 0.494 e. The van der Waals surface area contributed by atoms with Crippen molar-refractivity contribution in [3.05, 3.63) is 24.0 Å². The lowest BCUT2D eigenvalue weighted by atomic mass is 10.0. The molecule has 0 heterocycles. The smallest absolute Gasteiger partial charge is 0.407 e. The Morgan fingerprint density at radius 2 is 2.08 bits per heavy atom. The Balaban J connectivity index is 1.89. The minimum atomic E-state index is -0.502. The second-order valence-electron chi connectivity index (χ2n) is 7.17. The molecule has 2 atom stereocenters. The zero-order valence-corrected chi connectivity index (χ0v) is 14.8. The van der Waals surface area contributed by atoms with Gasteiger partial charge < -0.3 is 20.1 Å². The van der Waals surface area contributed by atoms with Crippen LogP contribution in [0.2, 0.25) is 0 Å². The molecule has 24 heavy (non-hydrogen) atoms. The molecule has 2 N–H and O–H groups in total. The Bertz CT molecular complexity index is 572. The van der Waals surface area contributed by atoms with Crippen molar-refractivity contribution in [2.24, 2.45) is 5.92 Å². The highest BCUT2D eigenvalue weighted by atomic mass is 19.1. The van der Waals surface area contributed by atoms with Crippen molar-refractivity contribution in [2.45, 2.75) is 51.7 Å². The molecule has 0 saturated heterocycles. The Kier molecular flexibility index (Phi) is 5.91. The van der Waals surface area contributed by atoms with Crippen LogP contribution < -0.4 is 15.4 Å². The fraction of sp³-hybridized carbons (Fsp3) is 0.611. The van der Waals surface area contributed by atoms with Gasteiger partial charge in [0.1, 0.15) is 5.60 Å². The average Bonchev–Trinajstić information content (AvgIpc) is 2.91. The van der Waals surface area contributed by atoms with Crippen LogP contribution in [0.4, 0.5) is 14.9 Å². The van der Waals surface area contributed by atoms with Crippen LogP contribution in [0.1, 0.15) is 40.0 Å². The summed E-state index contributed by atoms with van der Waals surface area (Å²) < 4.78 is 24.0. The Morgan fingerprint density at radius 3 is 2.71 bits per heavy atom. The van der Waals surface area contributed by atoms with Gasteiger partial charge in [0.25, 0.3) is 0 Å². The lowest BCUT2D eigenvalue weighted by Gasteiger charge is -2.24. The first kappa shape index (κ1) is 18.4. The van der Waals surface area contributed by atoms with Gasteiger partial charge in [0.05, 0.1) is 7.11 Å². The molecule has 1 saturated carbocycles. The SMILES string of the molecule is COc1ccc(NC2CCCC2CNC(=O)OC(C)(C)C)cc1F. The first-order chi connectivity index (χ1) is 11.3. The Labute approximate surface area is 142 Å². The molecule has 1 aliphatic rings. The van der Waals surface area contributed by atoms with E-state index in [4.69, 9.17) is 9.47 Å². The van der Waals surface area contributed by atoms with E-state index in [0.29, 0.717) is 12.5 Å². The van der Waals surface area contributed by atoms with E-state index >= 15 is 0 Å². The number of benzene rings is 1. The van der Waals surface area contributed by atoms with Crippen molar-refractivity contribution >= 4 is 11.8 Å². The second-order valence-corrected chi connectivity index (χ2v) is 7.17. The summed E-state index contributed by atoms with van der Waals surface area (Å²) in [6.07, 6.45) is 2.70. The molecule has 0 radical (unpaired) electrons. The Hall–Kier alpha value is -1.98. The van der Waals surface area contributed by atoms with E-state index in [1.165, 1.54) is 13.2 Å². The zero-order valence-electron chi connectivity index (χ0n) is 14.8. The molecule has 1 aromatic rings. The van der Waals surface area contributed by atoms with Crippen LogP contribution in [-0.4, -0.2) is 31.4 Å². The monoisotopic (exact) mass is 338 g/mol. The van der Waals surface area contributed by atoms with Gasteiger partial charge in [0.15, 0.2) is 11.6 Å². The summed E-state index contributed by atoms with van der Waals surface area (Å²) in [4.78, 5) is 11.8. The molecule has 2 unspecified atom stereocenters. The quantitative estimate of drug-likeness (QED) is 0.854. The van der Waals surface area contributed by atoms with E-state index in [-0.39, 0.29) is 17.6 Å². The van der Waals surface area contributed by atoms with Crippen LogP contribution in [0.3, 0.4) is 0 Å². The maximum atomic E-state index is 13.8. The molecule has 0 bridgehead atoms. The number of nitrogens with one attached hydrogen (secondary N) is 2. The average molecular weight is 338 g/mol. The summed E-state index contributed by atoms with van der Waals surface area (Å²) in [5.41, 5.74) is 0.223. The van der Waals surface area contributed by atoms with E-state index < -0.39 is 11.7 Å². The summed E-state index contributed by atoms with van der Waals surface area (Å²) in [6, 6.07) is 5.06. The Morgan fingerprint density at radius 1 is 1.33 bits per heavy atom. The third-order valence-electron chi connectivity index (χ3n) is 4.07. The standard InChI is InChI=1S/C18H27FN2O3/c1-18(2,3)24-17(22)20-11-12-6-5-7-15(12)21-13-8-9-16(23-4)14(19)10-13/h8-10,12,15,21H,5-7,11H2,1-4H3,(H,20,22). The first-order valence-corrected chi connectivity index (χ1v) is 8.35. The van der Waals surface area contributed by atoms with Crippen LogP contribution in [0.5, 0.6) is 5.75 Å². The summed E-state index contributed by atoms with van der Waals surface area (Å²) in [6.45, 7) is 6.06. The van der Waals surface area contributed by atoms with Crippen LogP contribution in [-0.2, 0) is 4.74 Å². The number of hydrogen-bond donors (Lipinski definition) is 2. The minimum Gasteiger partial charge on any atom is -0.494 e. The number of hydrogen-bond acceptors (Lipinski definition) is 4. The molecular weight excluding hydrogens is 311 g/mol. The maximum absolute atomic E-state index is 13.8. The van der Waals surface area contributed by atoms with Crippen LogP contribution >= 0.6 is 0 Å². The zero-order chi connectivity index (χ0) is 17.7. The highest BCUT2D eigenvalue weighted by Gasteiger charge is 2.28. The van der Waals surface area contributed by atoms with Gasteiger partial charge >= 0.3 is 6.09 Å². The third kappa shape index (κ3) is 5.28. The van der Waals surface area contributed by atoms with Crippen molar-refractivity contribution < 1.29 is 18.7 Å². The number of alkyl carbamates (subject to hydrolysis) is 1. The van der Waals surface area contributed by atoms with E-state index in [0.717, 1.165) is 24.9 Å². The van der Waals surface area contributed by atoms with E-state index in [1.54, 1.807) is 12.1 Å². The fourth-order valence-electron chi connectivity index (χ4n) is 2.97. The van der Waals surface area contributed by atoms with E-state index in [9.17, 15) is 9.18 Å². The summed E-state index contributed by atoms with van der Waals surface area (Å²) in [5.74, 6) is 0.140. The number of amides is 1. The van der Waals surface area contributed by atoms with E-state index in [2.05, 4.69) is 10.6 Å². The van der Waals surface area contributed by atoms with Crippen molar-refractivity contribution in [3.8, 4) is 5.75 Å². The van der Waals surface area contributed by atoms with Gasteiger partial charge in [-0.1, -0.05) is 6.42 Å². The molecule has 5 nitrogen and oxygen atoms in total. The number of halogens is 1. The lowest BCUT2D eigenvalue weighted by molar-refractivity contribution is 0.0519. The summed E-state index contributed by atoms with van der Waals surface area (Å²) in [7, 11) is 1.45. The topological polar surface area (TPSA) is 59.6 Å². The van der Waals surface area contributed by atoms with Crippen molar-refractivity contribution in [1.82, 2.24) is 5.32 Å². The van der Waals surface area contributed by atoms with Crippen LogP contribution in [0.15, 0.2) is 18.2 Å². The predicted octanol–water partition coefficient (Wildman–Crippen LogP) is 3.94. The number of methoxy groups -OCH3 is 1. The molecule has 0 aliphatic heterocycles. The number of carbonyl (C=O) groups is 1. The second kappa shape index (κ2) is 7.73. The minimum absolute atomic E-state index is 0.202. The van der Waals surface area contributed by atoms with Gasteiger partial charge in [0.2, 0.25) is 0 Å². The lowest BCUT2D eigenvalue weighted by Crippen LogP contribution is -2.38. The fourth-order valence-corrected chi connectivity index (χ4v) is 2.97. The van der Waals surface area contributed by atoms with Gasteiger partial charge in [-0.05, 0) is 51.7 Å². The number of anilines is 1. The molecule has 6 heteroatoms. The highest BCUT2D eigenvalue weighted by Crippen LogP contribution is 2.29. The van der Waals surface area contributed by atoms with Crippen LogP contribution in [0.25, 0.3) is 0 Å². The van der Waals surface area contributed by atoms with Gasteiger partial charge in [-0.2, -0.15) is 0 Å². The summed E-state index contributed by atoms with van der Waals surface area (Å²) in [5, 5.41) is 6.20. The van der Waals surface area contributed by atoms with Crippen molar-refractivity contribution in [3.63, 3.8) is 0 Å². The van der Waals surface area contributed by atoms with Gasteiger partial charge in [0, 0.05) is 24.3 Å². The molecule has 1 amide bonds. The molecule has 0 spiro atoms. The molecule has 0 aromatic heterocycles. The van der Waals surface area contributed by atoms with Crippen LogP contribution in [0, 0.1) is 11.7 Å². The number of ether oxygens (including phenoxy) is 2. The molecule has 2 rings (SSSR count). The number of carbonyl (C=O) groups excluding carboxylic acids is 1. The van der Waals surface area contributed by atoms with Gasteiger partial charge in [-0.15, -0.1) is 0 Å². The summed E-state index contributed by atoms with van der Waals surface area (Å²) >= 11 is 0. The van der Waals surface area contributed by atoms with Crippen molar-refractivity contribution in [2.75, 3.05) is 19.0 Å². The number of rotatable bonds is 5. The van der Waals surface area contributed by atoms with E-state index in [1.807, 2.05) is 20.8 Å². The predicted molar refractivity (Wildman–Crippen MR) is 91.9 cm³/mol. The van der Waals surface area contributed by atoms with Gasteiger partial charge in [-0.25, -0.2) is 9.18 Å². The highest BCUT2D eigenvalue weighted by molar-refractivity contribution is 5.67. The molecule has 1 fully saturated rings. The third-order valence-corrected chi connectivity index (χ3v) is 4.07. The normalized spacial score (nSPS) is 20.5.